The summed E-state index contributed by atoms with van der Waals surface area (Å²) in [6.45, 7) is 1.71. The molecule has 1 atom stereocenters. The van der Waals surface area contributed by atoms with Crippen molar-refractivity contribution in [1.82, 2.24) is 4.90 Å². The zero-order valence-corrected chi connectivity index (χ0v) is 10.3. The van der Waals surface area contributed by atoms with Gasteiger partial charge in [-0.15, -0.1) is 0 Å². The van der Waals surface area contributed by atoms with Crippen LogP contribution in [0.3, 0.4) is 0 Å². The second kappa shape index (κ2) is 4.09. The first kappa shape index (κ1) is 11.2. The van der Waals surface area contributed by atoms with Crippen molar-refractivity contribution in [3.63, 3.8) is 0 Å². The third kappa shape index (κ3) is 1.67. The van der Waals surface area contributed by atoms with Crippen molar-refractivity contribution >= 4 is 11.8 Å². The molecule has 0 radical (unpaired) electrons. The number of aryl methyl sites for hydroxylation is 1. The highest BCUT2D eigenvalue weighted by atomic mass is 16.2. The van der Waals surface area contributed by atoms with Crippen molar-refractivity contribution in [2.45, 2.75) is 32.2 Å². The van der Waals surface area contributed by atoms with Crippen LogP contribution in [0.15, 0.2) is 35.9 Å². The van der Waals surface area contributed by atoms with Crippen LogP contribution in [-0.4, -0.2) is 22.8 Å². The summed E-state index contributed by atoms with van der Waals surface area (Å²) >= 11 is 0. The standard InChI is InChI=1S/C15H15NO2/c1-10-8-14(17)16(15(10)18)13-7-6-11-4-2-3-5-12(11)9-13/h2-5,8,13H,6-7,9H2,1H3. The van der Waals surface area contributed by atoms with Crippen LogP contribution < -0.4 is 0 Å². The third-order valence-corrected chi connectivity index (χ3v) is 3.82. The Morgan fingerprint density at radius 3 is 2.56 bits per heavy atom. The molecule has 3 rings (SSSR count). The quantitative estimate of drug-likeness (QED) is 0.704. The minimum absolute atomic E-state index is 0.0219. The molecule has 1 aromatic carbocycles. The molecule has 92 valence electrons. The summed E-state index contributed by atoms with van der Waals surface area (Å²) in [5, 5.41) is 0. The molecule has 0 saturated heterocycles. The molecule has 0 aromatic heterocycles. The first-order valence-electron chi connectivity index (χ1n) is 6.29. The number of carbonyl (C=O) groups excluding carboxylic acids is 2. The van der Waals surface area contributed by atoms with Crippen LogP contribution in [0.4, 0.5) is 0 Å². The molecule has 1 aromatic rings. The lowest BCUT2D eigenvalue weighted by Gasteiger charge is -2.31. The van der Waals surface area contributed by atoms with Crippen molar-refractivity contribution in [2.75, 3.05) is 0 Å². The topological polar surface area (TPSA) is 37.4 Å². The molecule has 1 aliphatic heterocycles. The molecule has 0 bridgehead atoms. The van der Waals surface area contributed by atoms with Gasteiger partial charge in [0, 0.05) is 17.7 Å². The van der Waals surface area contributed by atoms with E-state index in [1.165, 1.54) is 22.1 Å². The first-order chi connectivity index (χ1) is 8.66. The van der Waals surface area contributed by atoms with Crippen LogP contribution in [0.5, 0.6) is 0 Å². The zero-order valence-electron chi connectivity index (χ0n) is 10.3. The largest absolute Gasteiger partial charge is 0.272 e. The van der Waals surface area contributed by atoms with Gasteiger partial charge in [-0.3, -0.25) is 14.5 Å². The molecule has 1 aliphatic carbocycles. The maximum atomic E-state index is 12.0. The van der Waals surface area contributed by atoms with Gasteiger partial charge < -0.3 is 0 Å². The van der Waals surface area contributed by atoms with Crippen LogP contribution in [0, 0.1) is 0 Å². The van der Waals surface area contributed by atoms with Gasteiger partial charge in [-0.2, -0.15) is 0 Å². The van der Waals surface area contributed by atoms with Crippen LogP contribution in [0.25, 0.3) is 0 Å². The van der Waals surface area contributed by atoms with Gasteiger partial charge in [0.2, 0.25) is 0 Å². The Morgan fingerprint density at radius 2 is 1.89 bits per heavy atom. The fourth-order valence-electron chi connectivity index (χ4n) is 2.85. The summed E-state index contributed by atoms with van der Waals surface area (Å²) in [7, 11) is 0. The summed E-state index contributed by atoms with van der Waals surface area (Å²) in [5.74, 6) is -0.272. The monoisotopic (exact) mass is 241 g/mol. The molecule has 3 nitrogen and oxygen atoms in total. The third-order valence-electron chi connectivity index (χ3n) is 3.82. The molecule has 1 unspecified atom stereocenters. The average Bonchev–Trinajstić information content (AvgIpc) is 2.63. The van der Waals surface area contributed by atoms with Gasteiger partial charge in [0.05, 0.1) is 0 Å². The van der Waals surface area contributed by atoms with E-state index in [0.717, 1.165) is 19.3 Å². The van der Waals surface area contributed by atoms with E-state index in [9.17, 15) is 9.59 Å². The van der Waals surface area contributed by atoms with Crippen molar-refractivity contribution in [3.05, 3.63) is 47.0 Å². The maximum Gasteiger partial charge on any atom is 0.256 e. The molecule has 3 heteroatoms. The Morgan fingerprint density at radius 1 is 1.17 bits per heavy atom. The molecule has 0 N–H and O–H groups in total. The average molecular weight is 241 g/mol. The minimum atomic E-state index is -0.151. The highest BCUT2D eigenvalue weighted by molar-refractivity contribution is 6.16. The van der Waals surface area contributed by atoms with E-state index in [0.29, 0.717) is 5.57 Å². The molecular weight excluding hydrogens is 226 g/mol. The lowest BCUT2D eigenvalue weighted by atomic mass is 9.87. The number of carbonyl (C=O) groups is 2. The Kier molecular flexibility index (Phi) is 2.54. The van der Waals surface area contributed by atoms with E-state index >= 15 is 0 Å². The SMILES string of the molecule is CC1=CC(=O)N(C2CCc3ccccc3C2)C1=O. The van der Waals surface area contributed by atoms with Gasteiger partial charge in [0.25, 0.3) is 11.8 Å². The van der Waals surface area contributed by atoms with Crippen LogP contribution in [0.1, 0.15) is 24.5 Å². The van der Waals surface area contributed by atoms with Crippen LogP contribution >= 0.6 is 0 Å². The van der Waals surface area contributed by atoms with Gasteiger partial charge in [-0.25, -0.2) is 0 Å². The van der Waals surface area contributed by atoms with Crippen molar-refractivity contribution in [3.8, 4) is 0 Å². The number of imide groups is 1. The van der Waals surface area contributed by atoms with E-state index in [4.69, 9.17) is 0 Å². The van der Waals surface area contributed by atoms with E-state index in [2.05, 4.69) is 12.1 Å². The molecule has 0 fully saturated rings. The molecule has 2 amide bonds. The summed E-state index contributed by atoms with van der Waals surface area (Å²) in [5.41, 5.74) is 3.16. The number of hydrogen-bond donors (Lipinski definition) is 0. The van der Waals surface area contributed by atoms with Gasteiger partial charge in [-0.1, -0.05) is 24.3 Å². The van der Waals surface area contributed by atoms with Gasteiger partial charge in [-0.05, 0) is 37.3 Å². The van der Waals surface area contributed by atoms with Crippen molar-refractivity contribution < 1.29 is 9.59 Å². The first-order valence-corrected chi connectivity index (χ1v) is 6.29. The highest BCUT2D eigenvalue weighted by Crippen LogP contribution is 2.27. The second-order valence-electron chi connectivity index (χ2n) is 5.01. The molecule has 18 heavy (non-hydrogen) atoms. The van der Waals surface area contributed by atoms with Gasteiger partial charge in [0.15, 0.2) is 0 Å². The van der Waals surface area contributed by atoms with Gasteiger partial charge >= 0.3 is 0 Å². The second-order valence-corrected chi connectivity index (χ2v) is 5.01. The van der Waals surface area contributed by atoms with Crippen molar-refractivity contribution in [2.24, 2.45) is 0 Å². The molecule has 1 heterocycles. The van der Waals surface area contributed by atoms with Crippen molar-refractivity contribution in [1.29, 1.82) is 0 Å². The number of amides is 2. The van der Waals surface area contributed by atoms with E-state index in [-0.39, 0.29) is 17.9 Å². The van der Waals surface area contributed by atoms with E-state index < -0.39 is 0 Å². The predicted octanol–water partition coefficient (Wildman–Crippen LogP) is 1.86. The molecule has 0 saturated carbocycles. The Balaban J connectivity index is 1.85. The number of rotatable bonds is 1. The number of nitrogens with zero attached hydrogens (tertiary/aromatic N) is 1. The maximum absolute atomic E-state index is 12.0. The number of fused-ring (bicyclic) bond motifs is 1. The predicted molar refractivity (Wildman–Crippen MR) is 67.9 cm³/mol. The van der Waals surface area contributed by atoms with Crippen LogP contribution in [0.2, 0.25) is 0 Å². The molecule has 2 aliphatic rings. The summed E-state index contributed by atoms with van der Waals surface area (Å²) in [4.78, 5) is 25.2. The van der Waals surface area contributed by atoms with Crippen LogP contribution in [-0.2, 0) is 22.4 Å². The van der Waals surface area contributed by atoms with E-state index in [1.54, 1.807) is 6.92 Å². The molecular formula is C15H15NO2. The Labute approximate surface area is 106 Å². The zero-order chi connectivity index (χ0) is 12.7. The minimum Gasteiger partial charge on any atom is -0.272 e. The normalized spacial score (nSPS) is 23.1. The lowest BCUT2D eigenvalue weighted by Crippen LogP contribution is -2.43. The Bertz CT molecular complexity index is 559. The number of hydrogen-bond acceptors (Lipinski definition) is 2. The molecule has 0 spiro atoms. The fourth-order valence-corrected chi connectivity index (χ4v) is 2.85. The van der Waals surface area contributed by atoms with E-state index in [1.807, 2.05) is 12.1 Å². The summed E-state index contributed by atoms with van der Waals surface area (Å²) in [6.07, 6.45) is 4.05. The summed E-state index contributed by atoms with van der Waals surface area (Å²) in [6, 6.07) is 8.29. The Hall–Kier alpha value is -1.90. The number of benzene rings is 1. The summed E-state index contributed by atoms with van der Waals surface area (Å²) < 4.78 is 0. The highest BCUT2D eigenvalue weighted by Gasteiger charge is 2.35. The van der Waals surface area contributed by atoms with Gasteiger partial charge in [0.1, 0.15) is 0 Å². The smallest absolute Gasteiger partial charge is 0.256 e. The lowest BCUT2D eigenvalue weighted by molar-refractivity contribution is -0.140. The fraction of sp³-hybridized carbons (Fsp3) is 0.333.